The molecule has 7 nitrogen and oxygen atoms in total. The van der Waals surface area contributed by atoms with Crippen molar-refractivity contribution in [3.8, 4) is 11.3 Å². The number of carbonyl (C=O) groups excluding carboxylic acids is 2. The van der Waals surface area contributed by atoms with E-state index in [4.69, 9.17) is 9.15 Å². The summed E-state index contributed by atoms with van der Waals surface area (Å²) in [5.41, 5.74) is 0.833. The maximum absolute atomic E-state index is 13.2. The van der Waals surface area contributed by atoms with Crippen LogP contribution in [0.3, 0.4) is 0 Å². The van der Waals surface area contributed by atoms with Gasteiger partial charge in [-0.1, -0.05) is 26.0 Å². The first-order valence-electron chi connectivity index (χ1n) is 9.77. The average molecular weight is 381 g/mol. The number of nitrogens with zero attached hydrogens (tertiary/aromatic N) is 3. The van der Waals surface area contributed by atoms with Crippen molar-refractivity contribution >= 4 is 11.8 Å². The van der Waals surface area contributed by atoms with Crippen LogP contribution in [0.25, 0.3) is 11.3 Å². The van der Waals surface area contributed by atoms with Crippen molar-refractivity contribution in [3.63, 3.8) is 0 Å². The van der Waals surface area contributed by atoms with E-state index in [0.29, 0.717) is 43.2 Å². The van der Waals surface area contributed by atoms with Gasteiger partial charge in [-0.15, -0.1) is 0 Å². The molecule has 2 aromatic rings. The Balaban J connectivity index is 1.40. The minimum absolute atomic E-state index is 0.0581. The number of amides is 2. The predicted molar refractivity (Wildman–Crippen MR) is 100 cm³/mol. The molecule has 28 heavy (non-hydrogen) atoms. The molecule has 3 fully saturated rings. The van der Waals surface area contributed by atoms with Crippen molar-refractivity contribution in [2.45, 2.75) is 44.5 Å². The molecule has 3 atom stereocenters. The minimum atomic E-state index is -0.637. The Morgan fingerprint density at radius 3 is 2.75 bits per heavy atom. The van der Waals surface area contributed by atoms with E-state index in [2.05, 4.69) is 18.8 Å². The Kier molecular flexibility index (Phi) is 3.84. The molecule has 1 spiro atoms. The maximum atomic E-state index is 13.2. The van der Waals surface area contributed by atoms with Crippen molar-refractivity contribution in [2.24, 2.45) is 5.92 Å². The van der Waals surface area contributed by atoms with Crippen molar-refractivity contribution < 1.29 is 18.7 Å². The van der Waals surface area contributed by atoms with Crippen molar-refractivity contribution in [1.82, 2.24) is 14.8 Å². The lowest BCUT2D eigenvalue weighted by molar-refractivity contribution is -0.139. The van der Waals surface area contributed by atoms with Gasteiger partial charge in [-0.05, 0) is 18.1 Å². The van der Waals surface area contributed by atoms with Crippen LogP contribution in [0, 0.1) is 5.92 Å². The lowest BCUT2D eigenvalue weighted by atomic mass is 10.0. The fourth-order valence-corrected chi connectivity index (χ4v) is 4.91. The van der Waals surface area contributed by atoms with Crippen LogP contribution in [0.15, 0.2) is 41.3 Å². The lowest BCUT2D eigenvalue weighted by Crippen LogP contribution is -2.51. The molecule has 5 rings (SSSR count). The molecule has 4 heterocycles. The molecule has 2 amide bonds. The molecule has 0 aliphatic carbocycles. The van der Waals surface area contributed by atoms with Crippen molar-refractivity contribution in [3.05, 3.63) is 42.4 Å². The fraction of sp³-hybridized carbons (Fsp3) is 0.476. The quantitative estimate of drug-likeness (QED) is 0.817. The summed E-state index contributed by atoms with van der Waals surface area (Å²) in [5, 5.41) is 0. The molecule has 0 bridgehead atoms. The summed E-state index contributed by atoms with van der Waals surface area (Å²) < 4.78 is 11.5. The third kappa shape index (κ3) is 2.35. The Morgan fingerprint density at radius 2 is 2.07 bits per heavy atom. The number of hydrogen-bond donors (Lipinski definition) is 0. The molecule has 1 aromatic carbocycles. The monoisotopic (exact) mass is 381 g/mol. The third-order valence-corrected chi connectivity index (χ3v) is 6.37. The highest BCUT2D eigenvalue weighted by molar-refractivity contribution is 5.96. The van der Waals surface area contributed by atoms with Gasteiger partial charge in [-0.25, -0.2) is 4.98 Å². The molecule has 0 unspecified atom stereocenters. The van der Waals surface area contributed by atoms with E-state index < -0.39 is 5.72 Å². The van der Waals surface area contributed by atoms with Crippen molar-refractivity contribution in [1.29, 1.82) is 0 Å². The van der Waals surface area contributed by atoms with Gasteiger partial charge < -0.3 is 19.0 Å². The smallest absolute Gasteiger partial charge is 0.254 e. The summed E-state index contributed by atoms with van der Waals surface area (Å²) in [6.07, 6.45) is 4.04. The van der Waals surface area contributed by atoms with E-state index in [9.17, 15) is 9.59 Å². The van der Waals surface area contributed by atoms with Gasteiger partial charge in [-0.2, -0.15) is 0 Å². The number of hydrogen-bond acceptors (Lipinski definition) is 5. The topological polar surface area (TPSA) is 75.9 Å². The summed E-state index contributed by atoms with van der Waals surface area (Å²) in [4.78, 5) is 33.6. The second-order valence-corrected chi connectivity index (χ2v) is 8.14. The van der Waals surface area contributed by atoms with E-state index in [1.54, 1.807) is 18.3 Å². The van der Waals surface area contributed by atoms with Crippen LogP contribution < -0.4 is 0 Å². The normalized spacial score (nSPS) is 28.9. The number of carbonyl (C=O) groups is 2. The maximum Gasteiger partial charge on any atom is 0.254 e. The summed E-state index contributed by atoms with van der Waals surface area (Å²) in [7, 11) is 0. The van der Waals surface area contributed by atoms with Crippen LogP contribution in [0.4, 0.5) is 0 Å². The summed E-state index contributed by atoms with van der Waals surface area (Å²) in [5.74, 6) is 1.03. The molecule has 1 aromatic heterocycles. The molecule has 3 aliphatic rings. The van der Waals surface area contributed by atoms with Gasteiger partial charge in [0.1, 0.15) is 0 Å². The van der Waals surface area contributed by atoms with Crippen molar-refractivity contribution in [2.75, 3.05) is 13.2 Å². The van der Waals surface area contributed by atoms with Gasteiger partial charge >= 0.3 is 0 Å². The molecule has 3 saturated heterocycles. The van der Waals surface area contributed by atoms with Crippen LogP contribution >= 0.6 is 0 Å². The Morgan fingerprint density at radius 1 is 1.29 bits per heavy atom. The van der Waals surface area contributed by atoms with Gasteiger partial charge in [0.2, 0.25) is 5.91 Å². The number of rotatable bonds is 3. The second kappa shape index (κ2) is 6.17. The largest absolute Gasteiger partial charge is 0.444 e. The first kappa shape index (κ1) is 17.4. The zero-order valence-corrected chi connectivity index (χ0v) is 16.0. The highest BCUT2D eigenvalue weighted by Gasteiger charge is 2.65. The minimum Gasteiger partial charge on any atom is -0.444 e. The number of aromatic nitrogens is 1. The summed E-state index contributed by atoms with van der Waals surface area (Å²) >= 11 is 0. The standard InChI is InChI=1S/C21H23N3O4/c1-13(2)16-11-28-21-7-8-23(18(21)9-19(25)24(16)21)20(26)15-5-3-14(4-6-15)17-10-22-12-27-17/h3-6,10,12-13,16,18H,7-9,11H2,1-2H3/t16-,18+,21-/m0/s1. The van der Waals surface area contributed by atoms with Gasteiger partial charge in [-0.3, -0.25) is 9.59 Å². The third-order valence-electron chi connectivity index (χ3n) is 6.37. The molecular weight excluding hydrogens is 358 g/mol. The number of oxazole rings is 1. The predicted octanol–water partition coefficient (Wildman–Crippen LogP) is 2.54. The van der Waals surface area contributed by atoms with Gasteiger partial charge in [0.25, 0.3) is 5.91 Å². The van der Waals surface area contributed by atoms with Crippen LogP contribution in [0.1, 0.15) is 37.0 Å². The Hall–Kier alpha value is -2.67. The first-order chi connectivity index (χ1) is 13.5. The highest BCUT2D eigenvalue weighted by atomic mass is 16.5. The van der Waals surface area contributed by atoms with E-state index in [1.165, 1.54) is 6.39 Å². The van der Waals surface area contributed by atoms with Crippen LogP contribution in [0.5, 0.6) is 0 Å². The highest BCUT2D eigenvalue weighted by Crippen LogP contribution is 2.49. The average Bonchev–Trinajstić information content (AvgIpc) is 3.44. The first-order valence-corrected chi connectivity index (χ1v) is 9.77. The molecular formula is C21H23N3O4. The van der Waals surface area contributed by atoms with Gasteiger partial charge in [0, 0.05) is 24.1 Å². The van der Waals surface area contributed by atoms with Crippen LogP contribution in [-0.4, -0.2) is 57.6 Å². The SMILES string of the molecule is CC(C)[C@@H]1CO[C@@]23CCN(C(=O)c4ccc(-c5cnco5)cc4)[C@@H]2CC(=O)N13. The zero-order chi connectivity index (χ0) is 19.5. The summed E-state index contributed by atoms with van der Waals surface area (Å²) in [6.45, 7) is 5.37. The van der Waals surface area contributed by atoms with Gasteiger partial charge in [0.15, 0.2) is 17.9 Å². The second-order valence-electron chi connectivity index (χ2n) is 8.14. The molecule has 0 N–H and O–H groups in total. The van der Waals surface area contributed by atoms with E-state index in [0.717, 1.165) is 5.56 Å². The van der Waals surface area contributed by atoms with E-state index in [1.807, 2.05) is 21.9 Å². The molecule has 146 valence electrons. The molecule has 3 aliphatic heterocycles. The lowest BCUT2D eigenvalue weighted by Gasteiger charge is -2.34. The molecule has 7 heteroatoms. The molecule has 0 saturated carbocycles. The van der Waals surface area contributed by atoms with Gasteiger partial charge in [0.05, 0.1) is 31.3 Å². The van der Waals surface area contributed by atoms with E-state index in [-0.39, 0.29) is 23.9 Å². The number of likely N-dealkylation sites (tertiary alicyclic amines) is 1. The molecule has 0 radical (unpaired) electrons. The zero-order valence-electron chi connectivity index (χ0n) is 16.0. The number of benzene rings is 1. The Labute approximate surface area is 163 Å². The Bertz CT molecular complexity index is 908. The van der Waals surface area contributed by atoms with Crippen LogP contribution in [-0.2, 0) is 9.53 Å². The number of ether oxygens (including phenoxy) is 1. The summed E-state index contributed by atoms with van der Waals surface area (Å²) in [6, 6.07) is 7.18. The van der Waals surface area contributed by atoms with E-state index >= 15 is 0 Å². The fourth-order valence-electron chi connectivity index (χ4n) is 4.91. The van der Waals surface area contributed by atoms with Crippen LogP contribution in [0.2, 0.25) is 0 Å².